The summed E-state index contributed by atoms with van der Waals surface area (Å²) in [4.78, 5) is 12.9. The first kappa shape index (κ1) is 20.2. The van der Waals surface area contributed by atoms with Crippen LogP contribution in [0.5, 0.6) is 5.75 Å². The Labute approximate surface area is 178 Å². The second kappa shape index (κ2) is 9.17. The fourth-order valence-corrected chi connectivity index (χ4v) is 3.21. The van der Waals surface area contributed by atoms with E-state index in [1.54, 1.807) is 31.4 Å². The Morgan fingerprint density at radius 1 is 1.06 bits per heavy atom. The van der Waals surface area contributed by atoms with E-state index in [0.717, 1.165) is 22.4 Å². The maximum Gasteiger partial charge on any atom is 0.251 e. The van der Waals surface area contributed by atoms with E-state index in [0.29, 0.717) is 24.2 Å². The topological polar surface area (TPSA) is 81.9 Å². The van der Waals surface area contributed by atoms with Crippen LogP contribution in [-0.4, -0.2) is 39.8 Å². The summed E-state index contributed by atoms with van der Waals surface area (Å²) >= 11 is 0. The molecule has 0 bridgehead atoms. The number of halogens is 1. The van der Waals surface area contributed by atoms with Crippen molar-refractivity contribution < 1.29 is 13.9 Å². The van der Waals surface area contributed by atoms with Crippen LogP contribution in [0, 0.1) is 5.82 Å². The first-order chi connectivity index (χ1) is 15.1. The van der Waals surface area contributed by atoms with Gasteiger partial charge in [0.1, 0.15) is 17.9 Å². The SMILES string of the molecule is COc1cccc(CCNC(=O)c2cc(-c3ccc(F)cc3)cc(-n3cnnn3)c2)c1. The van der Waals surface area contributed by atoms with Gasteiger partial charge >= 0.3 is 0 Å². The van der Waals surface area contributed by atoms with Crippen LogP contribution in [0.1, 0.15) is 15.9 Å². The third-order valence-electron chi connectivity index (χ3n) is 4.80. The van der Waals surface area contributed by atoms with Gasteiger partial charge in [0.15, 0.2) is 0 Å². The number of methoxy groups -OCH3 is 1. The number of amides is 1. The molecule has 0 radical (unpaired) electrons. The van der Waals surface area contributed by atoms with Crippen molar-refractivity contribution in [1.82, 2.24) is 25.5 Å². The molecule has 3 aromatic carbocycles. The molecule has 0 unspecified atom stereocenters. The van der Waals surface area contributed by atoms with E-state index in [9.17, 15) is 9.18 Å². The number of tetrazole rings is 1. The predicted molar refractivity (Wildman–Crippen MR) is 114 cm³/mol. The smallest absolute Gasteiger partial charge is 0.251 e. The van der Waals surface area contributed by atoms with E-state index in [1.165, 1.54) is 23.1 Å². The van der Waals surface area contributed by atoms with Gasteiger partial charge in [-0.1, -0.05) is 24.3 Å². The Balaban J connectivity index is 1.55. The van der Waals surface area contributed by atoms with Crippen LogP contribution in [0.15, 0.2) is 73.1 Å². The molecule has 0 aliphatic carbocycles. The first-order valence-corrected chi connectivity index (χ1v) is 9.68. The van der Waals surface area contributed by atoms with E-state index < -0.39 is 0 Å². The minimum Gasteiger partial charge on any atom is -0.497 e. The quantitative estimate of drug-likeness (QED) is 0.498. The first-order valence-electron chi connectivity index (χ1n) is 9.68. The molecular weight excluding hydrogens is 397 g/mol. The van der Waals surface area contributed by atoms with Crippen molar-refractivity contribution in [2.45, 2.75) is 6.42 Å². The number of benzene rings is 3. The summed E-state index contributed by atoms with van der Waals surface area (Å²) in [5.74, 6) is 0.235. The zero-order valence-electron chi connectivity index (χ0n) is 16.8. The molecule has 1 aromatic heterocycles. The molecule has 0 spiro atoms. The maximum atomic E-state index is 13.3. The Morgan fingerprint density at radius 3 is 2.65 bits per heavy atom. The molecule has 0 atom stereocenters. The molecular formula is C23H20FN5O2. The summed E-state index contributed by atoms with van der Waals surface area (Å²) in [5, 5.41) is 14.2. The molecule has 1 N–H and O–H groups in total. The average molecular weight is 417 g/mol. The van der Waals surface area contributed by atoms with Crippen molar-refractivity contribution in [3.8, 4) is 22.6 Å². The molecule has 7 nitrogen and oxygen atoms in total. The molecule has 31 heavy (non-hydrogen) atoms. The van der Waals surface area contributed by atoms with Crippen molar-refractivity contribution in [3.63, 3.8) is 0 Å². The summed E-state index contributed by atoms with van der Waals surface area (Å²) in [6.45, 7) is 0.465. The highest BCUT2D eigenvalue weighted by atomic mass is 19.1. The molecule has 1 heterocycles. The summed E-state index contributed by atoms with van der Waals surface area (Å²) in [7, 11) is 1.62. The summed E-state index contributed by atoms with van der Waals surface area (Å²) in [5.41, 5.74) is 3.68. The molecule has 0 aliphatic heterocycles. The lowest BCUT2D eigenvalue weighted by Gasteiger charge is -2.11. The number of ether oxygens (including phenoxy) is 1. The normalized spacial score (nSPS) is 10.6. The molecule has 8 heteroatoms. The standard InChI is InChI=1S/C23H20FN5O2/c1-31-22-4-2-3-16(11-22)9-10-25-23(30)19-12-18(17-5-7-20(24)8-6-17)13-21(14-19)29-15-26-27-28-29/h2-8,11-15H,9-10H2,1H3,(H,25,30). The maximum absolute atomic E-state index is 13.3. The van der Waals surface area contributed by atoms with Crippen LogP contribution >= 0.6 is 0 Å². The van der Waals surface area contributed by atoms with Gasteiger partial charge in [0, 0.05) is 12.1 Å². The second-order valence-electron chi connectivity index (χ2n) is 6.89. The van der Waals surface area contributed by atoms with Gasteiger partial charge in [-0.05, 0) is 76.0 Å². The van der Waals surface area contributed by atoms with E-state index in [-0.39, 0.29) is 11.7 Å². The van der Waals surface area contributed by atoms with Crippen molar-refractivity contribution in [3.05, 3.63) is 90.0 Å². The monoisotopic (exact) mass is 417 g/mol. The fraction of sp³-hybridized carbons (Fsp3) is 0.130. The number of hydrogen-bond donors (Lipinski definition) is 1. The molecule has 0 aliphatic rings. The molecule has 0 saturated carbocycles. The van der Waals surface area contributed by atoms with Crippen LogP contribution < -0.4 is 10.1 Å². The zero-order chi connectivity index (χ0) is 21.6. The van der Waals surface area contributed by atoms with E-state index in [1.807, 2.05) is 30.3 Å². The van der Waals surface area contributed by atoms with E-state index in [4.69, 9.17) is 4.74 Å². The predicted octanol–water partition coefficient (Wildman–Crippen LogP) is 3.45. The van der Waals surface area contributed by atoms with E-state index in [2.05, 4.69) is 20.8 Å². The lowest BCUT2D eigenvalue weighted by atomic mass is 10.0. The van der Waals surface area contributed by atoms with Crippen LogP contribution in [0.3, 0.4) is 0 Å². The van der Waals surface area contributed by atoms with E-state index >= 15 is 0 Å². The van der Waals surface area contributed by atoms with Gasteiger partial charge < -0.3 is 10.1 Å². The largest absolute Gasteiger partial charge is 0.497 e. The van der Waals surface area contributed by atoms with Crippen molar-refractivity contribution in [1.29, 1.82) is 0 Å². The highest BCUT2D eigenvalue weighted by molar-refractivity contribution is 5.96. The van der Waals surface area contributed by atoms with Gasteiger partial charge in [-0.15, -0.1) is 5.10 Å². The fourth-order valence-electron chi connectivity index (χ4n) is 3.21. The van der Waals surface area contributed by atoms with Crippen LogP contribution in [0.2, 0.25) is 0 Å². The molecule has 0 fully saturated rings. The summed E-state index contributed by atoms with van der Waals surface area (Å²) < 4.78 is 20.0. The number of nitrogens with zero attached hydrogens (tertiary/aromatic N) is 4. The lowest BCUT2D eigenvalue weighted by molar-refractivity contribution is 0.0954. The Morgan fingerprint density at radius 2 is 1.90 bits per heavy atom. The number of carbonyl (C=O) groups excluding carboxylic acids is 1. The van der Waals surface area contributed by atoms with Crippen LogP contribution in [-0.2, 0) is 6.42 Å². The van der Waals surface area contributed by atoms with Crippen LogP contribution in [0.25, 0.3) is 16.8 Å². The third-order valence-corrected chi connectivity index (χ3v) is 4.80. The molecule has 0 saturated heterocycles. The van der Waals surface area contributed by atoms with Gasteiger partial charge in [0.25, 0.3) is 5.91 Å². The summed E-state index contributed by atoms with van der Waals surface area (Å²) in [6, 6.07) is 19.1. The lowest BCUT2D eigenvalue weighted by Crippen LogP contribution is -2.26. The average Bonchev–Trinajstić information content (AvgIpc) is 3.34. The van der Waals surface area contributed by atoms with Crippen molar-refractivity contribution >= 4 is 5.91 Å². The Kier molecular flexibility index (Phi) is 5.98. The van der Waals surface area contributed by atoms with Gasteiger partial charge in [-0.2, -0.15) is 0 Å². The highest BCUT2D eigenvalue weighted by Gasteiger charge is 2.12. The number of hydrogen-bond acceptors (Lipinski definition) is 5. The number of aromatic nitrogens is 4. The van der Waals surface area contributed by atoms with Gasteiger partial charge in [0.05, 0.1) is 12.8 Å². The number of rotatable bonds is 7. The van der Waals surface area contributed by atoms with Crippen LogP contribution in [0.4, 0.5) is 4.39 Å². The zero-order valence-corrected chi connectivity index (χ0v) is 16.8. The number of nitrogens with one attached hydrogen (secondary N) is 1. The minimum absolute atomic E-state index is 0.221. The molecule has 1 amide bonds. The highest BCUT2D eigenvalue weighted by Crippen LogP contribution is 2.24. The molecule has 156 valence electrons. The summed E-state index contributed by atoms with van der Waals surface area (Å²) in [6.07, 6.45) is 2.12. The number of carbonyl (C=O) groups is 1. The Hall–Kier alpha value is -4.07. The second-order valence-corrected chi connectivity index (χ2v) is 6.89. The third kappa shape index (κ3) is 4.92. The Bertz CT molecular complexity index is 1180. The van der Waals surface area contributed by atoms with Gasteiger partial charge in [-0.25, -0.2) is 9.07 Å². The minimum atomic E-state index is -0.323. The molecule has 4 aromatic rings. The van der Waals surface area contributed by atoms with Gasteiger partial charge in [-0.3, -0.25) is 4.79 Å². The van der Waals surface area contributed by atoms with Gasteiger partial charge in [0.2, 0.25) is 0 Å². The molecule has 4 rings (SSSR count). The van der Waals surface area contributed by atoms with Crippen molar-refractivity contribution in [2.24, 2.45) is 0 Å². The van der Waals surface area contributed by atoms with Crippen molar-refractivity contribution in [2.75, 3.05) is 13.7 Å².